The third kappa shape index (κ3) is 5.92. The summed E-state index contributed by atoms with van der Waals surface area (Å²) in [6.07, 6.45) is -3.66. The second kappa shape index (κ2) is 10.6. The molecule has 2 heterocycles. The van der Waals surface area contributed by atoms with Gasteiger partial charge in [-0.05, 0) is 62.9 Å². The predicted molar refractivity (Wildman–Crippen MR) is 145 cm³/mol. The van der Waals surface area contributed by atoms with E-state index < -0.39 is 67.7 Å². The van der Waals surface area contributed by atoms with E-state index in [0.717, 1.165) is 28.8 Å². The van der Waals surface area contributed by atoms with Crippen molar-refractivity contribution in [2.75, 3.05) is 17.8 Å². The summed E-state index contributed by atoms with van der Waals surface area (Å²) in [5.41, 5.74) is -2.48. The Morgan fingerprint density at radius 2 is 1.83 bits per heavy atom. The van der Waals surface area contributed by atoms with E-state index in [1.807, 2.05) is 0 Å². The molecule has 4 rings (SSSR count). The number of amides is 1. The number of pyridine rings is 1. The number of ether oxygens (including phenoxy) is 2. The number of nitrogens with zero attached hydrogens (tertiary/aromatic N) is 4. The first-order chi connectivity index (χ1) is 19.5. The van der Waals surface area contributed by atoms with Crippen LogP contribution in [0.25, 0.3) is 5.52 Å². The van der Waals surface area contributed by atoms with Crippen LogP contribution in [0.5, 0.6) is 0 Å². The fraction of sp³-hybridized carbons (Fsp3) is 0.429. The lowest BCUT2D eigenvalue weighted by molar-refractivity contribution is -0.137. The number of carbonyl (C=O) groups is 2. The first-order valence-corrected chi connectivity index (χ1v) is 14.6. The molecule has 1 aliphatic rings. The maximum atomic E-state index is 13.6. The van der Waals surface area contributed by atoms with Crippen molar-refractivity contribution >= 4 is 33.2 Å². The van der Waals surface area contributed by atoms with Crippen molar-refractivity contribution in [1.82, 2.24) is 9.61 Å². The average Bonchev–Trinajstić information content (AvgIpc) is 3.62. The summed E-state index contributed by atoms with van der Waals surface area (Å²) in [4.78, 5) is 26.7. The van der Waals surface area contributed by atoms with E-state index in [-0.39, 0.29) is 16.6 Å². The highest BCUT2D eigenvalue weighted by Gasteiger charge is 2.45. The maximum absolute atomic E-state index is 13.6. The van der Waals surface area contributed by atoms with Gasteiger partial charge in [-0.2, -0.15) is 18.4 Å². The minimum Gasteiger partial charge on any atom is -0.465 e. The number of nitriles is 1. The van der Waals surface area contributed by atoms with Crippen molar-refractivity contribution in [3.05, 3.63) is 58.8 Å². The number of fused-ring (bicyclic) bond motifs is 1. The zero-order valence-electron chi connectivity index (χ0n) is 23.6. The summed E-state index contributed by atoms with van der Waals surface area (Å²) >= 11 is 0. The topological polar surface area (TPSA) is 131 Å². The van der Waals surface area contributed by atoms with Gasteiger partial charge in [-0.25, -0.2) is 22.5 Å². The van der Waals surface area contributed by atoms with Gasteiger partial charge < -0.3 is 9.47 Å². The minimum absolute atomic E-state index is 0.0214. The lowest BCUT2D eigenvalue weighted by Crippen LogP contribution is -2.38. The molecule has 2 aromatic heterocycles. The number of alkyl halides is 3. The van der Waals surface area contributed by atoms with E-state index in [4.69, 9.17) is 9.47 Å². The first kappa shape index (κ1) is 30.8. The van der Waals surface area contributed by atoms with Gasteiger partial charge in [-0.15, -0.1) is 5.10 Å². The number of esters is 1. The zero-order chi connectivity index (χ0) is 31.3. The first-order valence-electron chi connectivity index (χ1n) is 12.9. The normalized spacial score (nSPS) is 14.7. The van der Waals surface area contributed by atoms with Crippen LogP contribution in [0.3, 0.4) is 0 Å². The Hall–Kier alpha value is -4.12. The molecule has 1 aromatic carbocycles. The second-order valence-electron chi connectivity index (χ2n) is 10.9. The van der Waals surface area contributed by atoms with Gasteiger partial charge in [0.1, 0.15) is 10.5 Å². The molecular weight excluding hydrogens is 577 g/mol. The van der Waals surface area contributed by atoms with E-state index in [1.165, 1.54) is 19.1 Å². The van der Waals surface area contributed by atoms with Crippen LogP contribution in [-0.4, -0.2) is 48.6 Å². The molecule has 0 atom stereocenters. The van der Waals surface area contributed by atoms with Crippen LogP contribution in [0, 0.1) is 11.3 Å². The van der Waals surface area contributed by atoms with Crippen molar-refractivity contribution in [2.45, 2.75) is 69.2 Å². The molecule has 224 valence electrons. The Bertz CT molecular complexity index is 1710. The molecule has 42 heavy (non-hydrogen) atoms. The third-order valence-corrected chi connectivity index (χ3v) is 8.59. The molecule has 0 aliphatic heterocycles. The van der Waals surface area contributed by atoms with Gasteiger partial charge in [0.25, 0.3) is 0 Å². The summed E-state index contributed by atoms with van der Waals surface area (Å²) in [6.45, 7) is 5.60. The summed E-state index contributed by atoms with van der Waals surface area (Å²) in [5.74, 6) is -1.74. The fourth-order valence-electron chi connectivity index (χ4n) is 4.42. The van der Waals surface area contributed by atoms with Gasteiger partial charge in [0.15, 0.2) is 15.7 Å². The number of hydrogen-bond acceptors (Lipinski definition) is 8. The SMILES string of the molecule is CCS(=O)(=O)c1c(N(Cc2ccc(C3(C#N)CC3)cc2C(=O)OC)C(=O)OC(C)(C)C)nn2ccc(C(F)(F)F)cc12. The molecule has 0 saturated heterocycles. The Balaban J connectivity index is 1.96. The number of methoxy groups -OCH3 is 1. The Morgan fingerprint density at radius 3 is 2.36 bits per heavy atom. The third-order valence-electron chi connectivity index (χ3n) is 6.82. The van der Waals surface area contributed by atoms with E-state index in [0.29, 0.717) is 24.5 Å². The van der Waals surface area contributed by atoms with Crippen molar-refractivity contribution < 1.29 is 40.7 Å². The number of hydrogen-bond donors (Lipinski definition) is 0. The van der Waals surface area contributed by atoms with Gasteiger partial charge in [0.05, 0.1) is 47.5 Å². The highest BCUT2D eigenvalue weighted by molar-refractivity contribution is 7.91. The number of sulfone groups is 1. The highest BCUT2D eigenvalue weighted by Crippen LogP contribution is 2.48. The monoisotopic (exact) mass is 606 g/mol. The van der Waals surface area contributed by atoms with Crippen LogP contribution >= 0.6 is 0 Å². The fourth-order valence-corrected chi connectivity index (χ4v) is 5.61. The molecule has 14 heteroatoms. The molecule has 1 saturated carbocycles. The maximum Gasteiger partial charge on any atom is 0.416 e. The lowest BCUT2D eigenvalue weighted by atomic mass is 9.93. The smallest absolute Gasteiger partial charge is 0.416 e. The molecule has 0 bridgehead atoms. The van der Waals surface area contributed by atoms with Gasteiger partial charge in [0.2, 0.25) is 0 Å². The quantitative estimate of drug-likeness (QED) is 0.326. The average molecular weight is 607 g/mol. The second-order valence-corrected chi connectivity index (χ2v) is 13.1. The number of halogens is 3. The summed E-state index contributed by atoms with van der Waals surface area (Å²) in [7, 11) is -3.11. The van der Waals surface area contributed by atoms with Crippen LogP contribution in [0.1, 0.15) is 67.6 Å². The van der Waals surface area contributed by atoms with Crippen LogP contribution in [-0.2, 0) is 37.4 Å². The van der Waals surface area contributed by atoms with Crippen LogP contribution in [0.4, 0.5) is 23.8 Å². The van der Waals surface area contributed by atoms with Gasteiger partial charge in [0, 0.05) is 6.20 Å². The minimum atomic E-state index is -4.77. The van der Waals surface area contributed by atoms with Crippen molar-refractivity contribution in [3.63, 3.8) is 0 Å². The number of rotatable bonds is 7. The molecule has 0 spiro atoms. The molecular formula is C28H29F3N4O6S. The van der Waals surface area contributed by atoms with E-state index >= 15 is 0 Å². The van der Waals surface area contributed by atoms with Crippen molar-refractivity contribution in [3.8, 4) is 6.07 Å². The van der Waals surface area contributed by atoms with E-state index in [9.17, 15) is 36.4 Å². The number of benzene rings is 1. The Labute approximate surface area is 240 Å². The van der Waals surface area contributed by atoms with Crippen molar-refractivity contribution in [2.24, 2.45) is 0 Å². The molecule has 0 N–H and O–H groups in total. The van der Waals surface area contributed by atoms with E-state index in [1.54, 1.807) is 26.8 Å². The molecule has 0 unspecified atom stereocenters. The van der Waals surface area contributed by atoms with Crippen LogP contribution in [0.2, 0.25) is 0 Å². The summed E-state index contributed by atoms with van der Waals surface area (Å²) in [5, 5.41) is 13.8. The summed E-state index contributed by atoms with van der Waals surface area (Å²) in [6, 6.07) is 8.28. The molecule has 1 amide bonds. The molecule has 1 aliphatic carbocycles. The van der Waals surface area contributed by atoms with Gasteiger partial charge in [-0.1, -0.05) is 19.1 Å². The van der Waals surface area contributed by atoms with Crippen LogP contribution < -0.4 is 4.90 Å². The van der Waals surface area contributed by atoms with E-state index in [2.05, 4.69) is 11.2 Å². The highest BCUT2D eigenvalue weighted by atomic mass is 32.2. The van der Waals surface area contributed by atoms with Gasteiger partial charge >= 0.3 is 18.2 Å². The molecule has 1 fully saturated rings. The lowest BCUT2D eigenvalue weighted by Gasteiger charge is -2.27. The molecule has 0 radical (unpaired) electrons. The molecule has 10 nitrogen and oxygen atoms in total. The Kier molecular flexibility index (Phi) is 7.79. The number of aromatic nitrogens is 2. The van der Waals surface area contributed by atoms with Crippen LogP contribution in [0.15, 0.2) is 41.4 Å². The molecule has 3 aromatic rings. The Morgan fingerprint density at radius 1 is 1.17 bits per heavy atom. The zero-order valence-corrected chi connectivity index (χ0v) is 24.4. The largest absolute Gasteiger partial charge is 0.465 e. The number of anilines is 1. The predicted octanol–water partition coefficient (Wildman–Crippen LogP) is 5.43. The standard InChI is InChI=1S/C28H29F3N4O6S/c1-6-42(38,39)22-21-14-19(28(29,30)31)9-12-35(21)33-23(22)34(25(37)41-26(2,3)4)15-17-7-8-18(27(16-32)10-11-27)13-20(17)24(36)40-5/h7-9,12-14H,6,10-11,15H2,1-5H3. The van der Waals surface area contributed by atoms with Gasteiger partial charge in [-0.3, -0.25) is 4.90 Å². The van der Waals surface area contributed by atoms with Crippen molar-refractivity contribution in [1.29, 1.82) is 5.26 Å². The number of carbonyl (C=O) groups excluding carboxylic acids is 2. The summed E-state index contributed by atoms with van der Waals surface area (Å²) < 4.78 is 78.8.